The Morgan fingerprint density at radius 1 is 1.19 bits per heavy atom. The van der Waals surface area contributed by atoms with Crippen molar-refractivity contribution in [2.45, 2.75) is 13.0 Å². The fourth-order valence-corrected chi connectivity index (χ4v) is 2.09. The number of benzene rings is 1. The second-order valence-corrected chi connectivity index (χ2v) is 4.71. The van der Waals surface area contributed by atoms with E-state index in [0.717, 1.165) is 16.9 Å². The van der Waals surface area contributed by atoms with Gasteiger partial charge in [-0.15, -0.1) is 0 Å². The Bertz CT molecular complexity index is 711. The van der Waals surface area contributed by atoms with Crippen LogP contribution in [0.15, 0.2) is 59.6 Å². The van der Waals surface area contributed by atoms with Crippen LogP contribution in [0.3, 0.4) is 0 Å². The Balaban J connectivity index is 1.78. The Hall–Kier alpha value is -2.69. The molecular formula is C16H14FN3O. The molecule has 1 N–H and O–H groups in total. The third kappa shape index (κ3) is 3.08. The van der Waals surface area contributed by atoms with Gasteiger partial charge in [0.15, 0.2) is 12.2 Å². The maximum atomic E-state index is 12.9. The number of nitrogens with one attached hydrogen (secondary N) is 1. The maximum Gasteiger partial charge on any atom is 0.181 e. The van der Waals surface area contributed by atoms with Gasteiger partial charge in [-0.25, -0.2) is 9.37 Å². The summed E-state index contributed by atoms with van der Waals surface area (Å²) < 4.78 is 18.2. The number of hydrogen-bond donors (Lipinski definition) is 1. The van der Waals surface area contributed by atoms with Gasteiger partial charge in [-0.2, -0.15) is 0 Å². The lowest BCUT2D eigenvalue weighted by Crippen LogP contribution is -2.08. The monoisotopic (exact) mass is 283 g/mol. The molecule has 0 aliphatic carbocycles. The molecule has 2 heterocycles. The third-order valence-corrected chi connectivity index (χ3v) is 3.16. The highest BCUT2D eigenvalue weighted by molar-refractivity contribution is 5.63. The highest BCUT2D eigenvalue weighted by Gasteiger charge is 2.08. The molecule has 1 unspecified atom stereocenters. The summed E-state index contributed by atoms with van der Waals surface area (Å²) >= 11 is 0. The molecule has 2 aromatic heterocycles. The summed E-state index contributed by atoms with van der Waals surface area (Å²) in [6, 6.07) is 10.9. The molecule has 5 heteroatoms. The van der Waals surface area contributed by atoms with E-state index in [4.69, 9.17) is 4.42 Å². The van der Waals surface area contributed by atoms with E-state index in [1.807, 2.05) is 31.2 Å². The van der Waals surface area contributed by atoms with Gasteiger partial charge in [0, 0.05) is 11.3 Å². The number of nitrogens with zero attached hydrogens (tertiary/aromatic N) is 2. The summed E-state index contributed by atoms with van der Waals surface area (Å²) in [6.07, 6.45) is 4.29. The number of halogens is 1. The molecule has 0 radical (unpaired) electrons. The molecule has 0 aliphatic rings. The van der Waals surface area contributed by atoms with Gasteiger partial charge in [0.1, 0.15) is 5.82 Å². The van der Waals surface area contributed by atoms with Gasteiger partial charge in [-0.3, -0.25) is 4.98 Å². The summed E-state index contributed by atoms with van der Waals surface area (Å²) in [5.41, 5.74) is 2.65. The lowest BCUT2D eigenvalue weighted by atomic mass is 10.1. The molecular weight excluding hydrogens is 269 g/mol. The Morgan fingerprint density at radius 2 is 2.10 bits per heavy atom. The van der Waals surface area contributed by atoms with Crippen LogP contribution in [0.4, 0.5) is 10.1 Å². The van der Waals surface area contributed by atoms with Gasteiger partial charge < -0.3 is 9.73 Å². The quantitative estimate of drug-likeness (QED) is 0.784. The average Bonchev–Trinajstić information content (AvgIpc) is 3.02. The second kappa shape index (κ2) is 5.75. The first-order valence-corrected chi connectivity index (χ1v) is 6.59. The van der Waals surface area contributed by atoms with Crippen LogP contribution in [0.25, 0.3) is 11.3 Å². The molecule has 0 spiro atoms. The number of oxazole rings is 1. The molecule has 1 atom stereocenters. The van der Waals surface area contributed by atoms with Crippen molar-refractivity contribution in [1.29, 1.82) is 0 Å². The molecule has 3 rings (SSSR count). The van der Waals surface area contributed by atoms with Crippen LogP contribution in [0.1, 0.15) is 18.7 Å². The zero-order valence-corrected chi connectivity index (χ0v) is 11.5. The molecule has 106 valence electrons. The summed E-state index contributed by atoms with van der Waals surface area (Å²) in [5.74, 6) is 0.379. The molecule has 0 fully saturated rings. The maximum absolute atomic E-state index is 12.9. The van der Waals surface area contributed by atoms with Crippen LogP contribution in [-0.4, -0.2) is 9.97 Å². The van der Waals surface area contributed by atoms with Crippen molar-refractivity contribution in [2.24, 2.45) is 0 Å². The van der Waals surface area contributed by atoms with Crippen LogP contribution >= 0.6 is 0 Å². The molecule has 0 aliphatic heterocycles. The van der Waals surface area contributed by atoms with Gasteiger partial charge in [0.05, 0.1) is 24.1 Å². The van der Waals surface area contributed by atoms with Crippen molar-refractivity contribution in [3.8, 4) is 11.3 Å². The fraction of sp³-hybridized carbons (Fsp3) is 0.125. The Labute approximate surface area is 121 Å². The first-order valence-electron chi connectivity index (χ1n) is 6.59. The molecule has 0 saturated heterocycles. The summed E-state index contributed by atoms with van der Waals surface area (Å²) in [7, 11) is 0. The first kappa shape index (κ1) is 13.3. The van der Waals surface area contributed by atoms with Crippen molar-refractivity contribution < 1.29 is 8.81 Å². The summed E-state index contributed by atoms with van der Waals surface area (Å²) in [6.45, 7) is 1.97. The van der Waals surface area contributed by atoms with E-state index in [1.165, 1.54) is 18.7 Å². The highest BCUT2D eigenvalue weighted by Crippen LogP contribution is 2.24. The molecule has 0 amide bonds. The molecule has 0 saturated carbocycles. The predicted molar refractivity (Wildman–Crippen MR) is 78.2 cm³/mol. The molecule has 3 aromatic rings. The van der Waals surface area contributed by atoms with Gasteiger partial charge in [0.25, 0.3) is 0 Å². The van der Waals surface area contributed by atoms with E-state index in [-0.39, 0.29) is 11.9 Å². The van der Waals surface area contributed by atoms with Crippen LogP contribution in [0, 0.1) is 5.82 Å². The van der Waals surface area contributed by atoms with Gasteiger partial charge in [-0.05, 0) is 31.2 Å². The highest BCUT2D eigenvalue weighted by atomic mass is 19.1. The van der Waals surface area contributed by atoms with Crippen molar-refractivity contribution >= 4 is 5.69 Å². The lowest BCUT2D eigenvalue weighted by Gasteiger charge is -2.15. The van der Waals surface area contributed by atoms with E-state index < -0.39 is 0 Å². The minimum Gasteiger partial charge on any atom is -0.444 e. The van der Waals surface area contributed by atoms with E-state index >= 15 is 0 Å². The van der Waals surface area contributed by atoms with Gasteiger partial charge >= 0.3 is 0 Å². The SMILES string of the molecule is CC(Nc1cccc(-c2cnco2)c1)c1ccc(F)cn1. The number of hydrogen-bond acceptors (Lipinski definition) is 4. The van der Waals surface area contributed by atoms with Gasteiger partial charge in [0.2, 0.25) is 0 Å². The summed E-state index contributed by atoms with van der Waals surface area (Å²) in [4.78, 5) is 7.99. The average molecular weight is 283 g/mol. The third-order valence-electron chi connectivity index (χ3n) is 3.16. The zero-order chi connectivity index (χ0) is 14.7. The molecule has 0 bridgehead atoms. The Morgan fingerprint density at radius 3 is 2.81 bits per heavy atom. The summed E-state index contributed by atoms with van der Waals surface area (Å²) in [5, 5.41) is 3.33. The van der Waals surface area contributed by atoms with Crippen molar-refractivity contribution in [1.82, 2.24) is 9.97 Å². The van der Waals surface area contributed by atoms with Crippen LogP contribution < -0.4 is 5.32 Å². The zero-order valence-electron chi connectivity index (χ0n) is 11.5. The topological polar surface area (TPSA) is 51.0 Å². The first-order chi connectivity index (χ1) is 10.2. The fourth-order valence-electron chi connectivity index (χ4n) is 2.09. The number of aromatic nitrogens is 2. The normalized spacial score (nSPS) is 12.1. The molecule has 4 nitrogen and oxygen atoms in total. The van der Waals surface area contributed by atoms with Crippen molar-refractivity contribution in [2.75, 3.05) is 5.32 Å². The standard InChI is InChI=1S/C16H14FN3O/c1-11(15-6-5-13(17)8-19-15)20-14-4-2-3-12(7-14)16-9-18-10-21-16/h2-11,20H,1H3. The van der Waals surface area contributed by atoms with Crippen LogP contribution in [0.5, 0.6) is 0 Å². The largest absolute Gasteiger partial charge is 0.444 e. The van der Waals surface area contributed by atoms with Crippen molar-refractivity contribution in [3.05, 3.63) is 66.7 Å². The molecule has 1 aromatic carbocycles. The number of rotatable bonds is 4. The van der Waals surface area contributed by atoms with E-state index in [1.54, 1.807) is 12.3 Å². The second-order valence-electron chi connectivity index (χ2n) is 4.71. The van der Waals surface area contributed by atoms with E-state index in [9.17, 15) is 4.39 Å². The van der Waals surface area contributed by atoms with Crippen LogP contribution in [0.2, 0.25) is 0 Å². The van der Waals surface area contributed by atoms with Crippen molar-refractivity contribution in [3.63, 3.8) is 0 Å². The number of anilines is 1. The van der Waals surface area contributed by atoms with E-state index in [0.29, 0.717) is 5.76 Å². The smallest absolute Gasteiger partial charge is 0.181 e. The number of pyridine rings is 1. The van der Waals surface area contributed by atoms with Crippen LogP contribution in [-0.2, 0) is 0 Å². The van der Waals surface area contributed by atoms with Gasteiger partial charge in [-0.1, -0.05) is 12.1 Å². The lowest BCUT2D eigenvalue weighted by molar-refractivity contribution is 0.572. The minimum absolute atomic E-state index is 0.0319. The predicted octanol–water partition coefficient (Wildman–Crippen LogP) is 4.05. The molecule has 21 heavy (non-hydrogen) atoms. The minimum atomic E-state index is -0.335. The Kier molecular flexibility index (Phi) is 3.64. The van der Waals surface area contributed by atoms with E-state index in [2.05, 4.69) is 15.3 Å².